The van der Waals surface area contributed by atoms with Gasteiger partial charge in [0, 0.05) is 43.6 Å². The van der Waals surface area contributed by atoms with Crippen molar-refractivity contribution >= 4 is 28.8 Å². The summed E-state index contributed by atoms with van der Waals surface area (Å²) in [5.74, 6) is 1.70. The summed E-state index contributed by atoms with van der Waals surface area (Å²) in [5, 5.41) is 4.01. The number of hydrogen-bond acceptors (Lipinski definition) is 4. The molecule has 0 aliphatic carbocycles. The van der Waals surface area contributed by atoms with E-state index in [2.05, 4.69) is 45.2 Å². The van der Waals surface area contributed by atoms with Gasteiger partial charge in [0.05, 0.1) is 7.11 Å². The molecule has 1 aromatic heterocycles. The fraction of sp³-hybridized carbons (Fsp3) is 0.368. The van der Waals surface area contributed by atoms with Crippen molar-refractivity contribution in [3.63, 3.8) is 0 Å². The molecular weight excluding hydrogens is 332 g/mol. The van der Waals surface area contributed by atoms with Crippen molar-refractivity contribution < 1.29 is 4.74 Å². The molecular formula is C19H24N4OS. The summed E-state index contributed by atoms with van der Waals surface area (Å²) in [5.41, 5.74) is 3.36. The standard InChI is InChI=1S/C19H24N4OS/c1-14-11-15(2)20-18(12-14)21-19(25)23-9-7-22(8-10-23)16-5-4-6-17(13-16)24-3/h4-6,11-13H,7-10H2,1-3H3,(H,20,21,25). The molecule has 25 heavy (non-hydrogen) atoms. The van der Waals surface area contributed by atoms with Gasteiger partial charge in [0.2, 0.25) is 0 Å². The first kappa shape index (κ1) is 17.5. The van der Waals surface area contributed by atoms with E-state index in [1.807, 2.05) is 25.1 Å². The van der Waals surface area contributed by atoms with Crippen LogP contribution >= 0.6 is 12.2 Å². The molecule has 5 nitrogen and oxygen atoms in total. The Labute approximate surface area is 154 Å². The summed E-state index contributed by atoms with van der Waals surface area (Å²) in [6.45, 7) is 7.68. The number of nitrogens with zero attached hydrogens (tertiary/aromatic N) is 3. The van der Waals surface area contributed by atoms with Gasteiger partial charge in [-0.2, -0.15) is 0 Å². The predicted molar refractivity (Wildman–Crippen MR) is 107 cm³/mol. The fourth-order valence-corrected chi connectivity index (χ4v) is 3.36. The molecule has 0 radical (unpaired) electrons. The van der Waals surface area contributed by atoms with E-state index in [0.29, 0.717) is 0 Å². The number of piperazine rings is 1. The highest BCUT2D eigenvalue weighted by Gasteiger charge is 2.19. The van der Waals surface area contributed by atoms with Crippen LogP contribution in [0.25, 0.3) is 0 Å². The van der Waals surface area contributed by atoms with Crippen LogP contribution in [0.5, 0.6) is 5.75 Å². The first-order chi connectivity index (χ1) is 12.0. The maximum absolute atomic E-state index is 5.57. The average Bonchev–Trinajstić information content (AvgIpc) is 2.61. The SMILES string of the molecule is COc1cccc(N2CCN(C(=S)Nc3cc(C)cc(C)n3)CC2)c1. The third-order valence-electron chi connectivity index (χ3n) is 4.32. The zero-order chi connectivity index (χ0) is 17.8. The van der Waals surface area contributed by atoms with Gasteiger partial charge in [-0.05, 0) is 55.9 Å². The van der Waals surface area contributed by atoms with Crippen LogP contribution in [0.15, 0.2) is 36.4 Å². The Balaban J connectivity index is 1.58. The van der Waals surface area contributed by atoms with Crippen molar-refractivity contribution in [2.24, 2.45) is 0 Å². The Bertz CT molecular complexity index is 737. The number of benzene rings is 1. The number of aromatic nitrogens is 1. The van der Waals surface area contributed by atoms with Crippen molar-refractivity contribution in [1.82, 2.24) is 9.88 Å². The smallest absolute Gasteiger partial charge is 0.174 e. The van der Waals surface area contributed by atoms with Crippen molar-refractivity contribution in [2.45, 2.75) is 13.8 Å². The lowest BCUT2D eigenvalue weighted by Crippen LogP contribution is -2.50. The number of anilines is 2. The van der Waals surface area contributed by atoms with Gasteiger partial charge in [-0.3, -0.25) is 0 Å². The number of ether oxygens (including phenoxy) is 1. The quantitative estimate of drug-likeness (QED) is 0.852. The summed E-state index contributed by atoms with van der Waals surface area (Å²) in [7, 11) is 1.70. The zero-order valence-corrected chi connectivity index (χ0v) is 15.8. The Morgan fingerprint density at radius 2 is 1.88 bits per heavy atom. The van der Waals surface area contributed by atoms with E-state index in [1.54, 1.807) is 7.11 Å². The third kappa shape index (κ3) is 4.39. The zero-order valence-electron chi connectivity index (χ0n) is 15.0. The molecule has 1 aliphatic heterocycles. The molecule has 0 saturated carbocycles. The van der Waals surface area contributed by atoms with E-state index in [0.717, 1.165) is 48.6 Å². The second-order valence-electron chi connectivity index (χ2n) is 6.28. The minimum Gasteiger partial charge on any atom is -0.497 e. The first-order valence-electron chi connectivity index (χ1n) is 8.45. The minimum atomic E-state index is 0.739. The monoisotopic (exact) mass is 356 g/mol. The maximum Gasteiger partial charge on any atom is 0.174 e. The second kappa shape index (κ2) is 7.70. The van der Waals surface area contributed by atoms with Gasteiger partial charge in [-0.1, -0.05) is 6.07 Å². The normalized spacial score (nSPS) is 14.4. The van der Waals surface area contributed by atoms with E-state index in [4.69, 9.17) is 17.0 Å². The average molecular weight is 356 g/mol. The summed E-state index contributed by atoms with van der Waals surface area (Å²) < 4.78 is 5.32. The van der Waals surface area contributed by atoms with Crippen LogP contribution in [-0.4, -0.2) is 48.3 Å². The highest BCUT2D eigenvalue weighted by atomic mass is 32.1. The van der Waals surface area contributed by atoms with Crippen LogP contribution in [-0.2, 0) is 0 Å². The summed E-state index contributed by atoms with van der Waals surface area (Å²) in [6.07, 6.45) is 0. The highest BCUT2D eigenvalue weighted by molar-refractivity contribution is 7.80. The van der Waals surface area contributed by atoms with E-state index in [9.17, 15) is 0 Å². The number of rotatable bonds is 3. The lowest BCUT2D eigenvalue weighted by Gasteiger charge is -2.37. The van der Waals surface area contributed by atoms with E-state index in [1.165, 1.54) is 11.3 Å². The maximum atomic E-state index is 5.57. The second-order valence-corrected chi connectivity index (χ2v) is 6.66. The molecule has 1 aromatic carbocycles. The molecule has 0 atom stereocenters. The Hall–Kier alpha value is -2.34. The van der Waals surface area contributed by atoms with Crippen LogP contribution in [0.1, 0.15) is 11.3 Å². The molecule has 1 N–H and O–H groups in total. The highest BCUT2D eigenvalue weighted by Crippen LogP contribution is 2.22. The van der Waals surface area contributed by atoms with Crippen LogP contribution < -0.4 is 15.0 Å². The van der Waals surface area contributed by atoms with Crippen LogP contribution in [0.2, 0.25) is 0 Å². The number of methoxy groups -OCH3 is 1. The number of hydrogen-bond donors (Lipinski definition) is 1. The fourth-order valence-electron chi connectivity index (χ4n) is 3.07. The summed E-state index contributed by atoms with van der Waals surface area (Å²) in [6, 6.07) is 12.3. The van der Waals surface area contributed by atoms with Crippen molar-refractivity contribution in [3.05, 3.63) is 47.7 Å². The van der Waals surface area contributed by atoms with Gasteiger partial charge in [0.1, 0.15) is 11.6 Å². The van der Waals surface area contributed by atoms with Gasteiger partial charge >= 0.3 is 0 Å². The van der Waals surface area contributed by atoms with Gasteiger partial charge in [-0.25, -0.2) is 4.98 Å². The molecule has 6 heteroatoms. The molecule has 2 heterocycles. The molecule has 0 amide bonds. The molecule has 3 rings (SSSR count). The molecule has 0 spiro atoms. The number of pyridine rings is 1. The van der Waals surface area contributed by atoms with Crippen molar-refractivity contribution in [2.75, 3.05) is 43.5 Å². The summed E-state index contributed by atoms with van der Waals surface area (Å²) in [4.78, 5) is 9.06. The molecule has 1 fully saturated rings. The van der Waals surface area contributed by atoms with Crippen LogP contribution in [0.3, 0.4) is 0 Å². The van der Waals surface area contributed by atoms with Gasteiger partial charge in [-0.15, -0.1) is 0 Å². The van der Waals surface area contributed by atoms with Crippen molar-refractivity contribution in [1.29, 1.82) is 0 Å². The van der Waals surface area contributed by atoms with Crippen molar-refractivity contribution in [3.8, 4) is 5.75 Å². The van der Waals surface area contributed by atoms with E-state index >= 15 is 0 Å². The van der Waals surface area contributed by atoms with Gasteiger partial charge < -0.3 is 19.9 Å². The largest absolute Gasteiger partial charge is 0.497 e. The molecule has 0 bridgehead atoms. The molecule has 2 aromatic rings. The topological polar surface area (TPSA) is 40.6 Å². The number of nitrogens with one attached hydrogen (secondary N) is 1. The minimum absolute atomic E-state index is 0.739. The predicted octanol–water partition coefficient (Wildman–Crippen LogP) is 3.23. The van der Waals surface area contributed by atoms with Crippen LogP contribution in [0, 0.1) is 13.8 Å². The molecule has 0 unspecified atom stereocenters. The summed E-state index contributed by atoms with van der Waals surface area (Å²) >= 11 is 5.57. The Morgan fingerprint density at radius 3 is 2.56 bits per heavy atom. The van der Waals surface area contributed by atoms with Crippen LogP contribution in [0.4, 0.5) is 11.5 Å². The lowest BCUT2D eigenvalue weighted by atomic mass is 10.2. The first-order valence-corrected chi connectivity index (χ1v) is 8.86. The third-order valence-corrected chi connectivity index (χ3v) is 4.68. The molecule has 1 aliphatic rings. The Kier molecular flexibility index (Phi) is 5.38. The van der Waals surface area contributed by atoms with Gasteiger partial charge in [0.15, 0.2) is 5.11 Å². The lowest BCUT2D eigenvalue weighted by molar-refractivity contribution is 0.389. The number of thiocarbonyl (C=S) groups is 1. The van der Waals surface area contributed by atoms with E-state index in [-0.39, 0.29) is 0 Å². The number of aryl methyl sites for hydroxylation is 2. The van der Waals surface area contributed by atoms with Gasteiger partial charge in [0.25, 0.3) is 0 Å². The van der Waals surface area contributed by atoms with E-state index < -0.39 is 0 Å². The molecule has 1 saturated heterocycles. The Morgan fingerprint density at radius 1 is 1.12 bits per heavy atom. The molecule has 132 valence electrons.